The number of para-hydroxylation sites is 1. The van der Waals surface area contributed by atoms with E-state index in [4.69, 9.17) is 9.73 Å². The topological polar surface area (TPSA) is 60.4 Å². The van der Waals surface area contributed by atoms with E-state index in [1.165, 1.54) is 0 Å². The Morgan fingerprint density at radius 2 is 1.69 bits per heavy atom. The van der Waals surface area contributed by atoms with Crippen LogP contribution < -0.4 is 10.1 Å². The molecule has 7 nitrogen and oxygen atoms in total. The monoisotopic (exact) mass is 557 g/mol. The number of hydrogen-bond donors (Lipinski definition) is 1. The Balaban J connectivity index is 0.00000363. The van der Waals surface area contributed by atoms with E-state index in [1.807, 2.05) is 23.1 Å². The number of carbonyl (C=O) groups is 1. The summed E-state index contributed by atoms with van der Waals surface area (Å²) < 4.78 is 6.12. The summed E-state index contributed by atoms with van der Waals surface area (Å²) in [6.45, 7) is 15.6. The minimum absolute atomic E-state index is 0. The molecule has 1 N–H and O–H groups in total. The molecule has 0 spiro atoms. The molecule has 2 saturated heterocycles. The van der Waals surface area contributed by atoms with Crippen LogP contribution in [0.2, 0.25) is 0 Å². The smallest absolute Gasteiger partial charge is 0.236 e. The highest BCUT2D eigenvalue weighted by Crippen LogP contribution is 2.23. The van der Waals surface area contributed by atoms with Crippen molar-refractivity contribution in [2.75, 3.05) is 52.4 Å². The molecule has 0 saturated carbocycles. The molecule has 0 aromatic heterocycles. The third kappa shape index (κ3) is 8.10. The van der Waals surface area contributed by atoms with Gasteiger partial charge >= 0.3 is 0 Å². The largest absolute Gasteiger partial charge is 0.488 e. The molecule has 1 aromatic carbocycles. The number of amides is 1. The summed E-state index contributed by atoms with van der Waals surface area (Å²) in [6, 6.07) is 8.13. The van der Waals surface area contributed by atoms with E-state index >= 15 is 0 Å². The van der Waals surface area contributed by atoms with Gasteiger partial charge in [0.25, 0.3) is 0 Å². The molecule has 8 heteroatoms. The van der Waals surface area contributed by atoms with Crippen LogP contribution in [0.1, 0.15) is 46.1 Å². The van der Waals surface area contributed by atoms with Gasteiger partial charge in [0.05, 0.1) is 13.1 Å². The fourth-order valence-electron chi connectivity index (χ4n) is 4.03. The van der Waals surface area contributed by atoms with E-state index in [0.717, 1.165) is 75.9 Å². The second-order valence-corrected chi connectivity index (χ2v) is 9.34. The maximum absolute atomic E-state index is 12.4. The first kappa shape index (κ1) is 26.7. The van der Waals surface area contributed by atoms with E-state index in [0.29, 0.717) is 13.1 Å². The zero-order valence-corrected chi connectivity index (χ0v) is 22.4. The molecule has 3 rings (SSSR count). The first-order valence-electron chi connectivity index (χ1n) is 11.7. The Labute approximate surface area is 210 Å². The summed E-state index contributed by atoms with van der Waals surface area (Å²) in [5.74, 6) is 2.10. The average Bonchev–Trinajstić information content (AvgIpc) is 3.27. The standard InChI is InChI=1S/C24H39N5O2.HI/c1-5-25-23(26-18-20-10-6-7-11-21(20)31-24(2,3)4)29-16-14-27(15-17-29)19-22(30)28-12-8-9-13-28;/h6-7,10-11H,5,8-9,12-19H2,1-4H3,(H,25,26);1H. The van der Waals surface area contributed by atoms with Crippen molar-refractivity contribution in [2.45, 2.75) is 52.7 Å². The van der Waals surface area contributed by atoms with E-state index in [-0.39, 0.29) is 35.5 Å². The van der Waals surface area contributed by atoms with Gasteiger partial charge in [-0.3, -0.25) is 9.69 Å². The summed E-state index contributed by atoms with van der Waals surface area (Å²) >= 11 is 0. The maximum atomic E-state index is 12.4. The van der Waals surface area contributed by atoms with Gasteiger partial charge in [0.15, 0.2) is 5.96 Å². The summed E-state index contributed by atoms with van der Waals surface area (Å²) in [4.78, 5) is 23.9. The van der Waals surface area contributed by atoms with Crippen molar-refractivity contribution in [2.24, 2.45) is 4.99 Å². The Kier molecular flexibility index (Phi) is 10.5. The summed E-state index contributed by atoms with van der Waals surface area (Å²) in [6.07, 6.45) is 2.29. The van der Waals surface area contributed by atoms with Crippen molar-refractivity contribution in [1.29, 1.82) is 0 Å². The lowest BCUT2D eigenvalue weighted by atomic mass is 10.1. The van der Waals surface area contributed by atoms with Crippen LogP contribution in [0.25, 0.3) is 0 Å². The van der Waals surface area contributed by atoms with E-state index in [2.05, 4.69) is 48.9 Å². The molecule has 0 atom stereocenters. The number of aliphatic imine (C=N–C) groups is 1. The van der Waals surface area contributed by atoms with Gasteiger partial charge in [-0.1, -0.05) is 18.2 Å². The molecule has 0 bridgehead atoms. The summed E-state index contributed by atoms with van der Waals surface area (Å²) in [5.41, 5.74) is 0.843. The van der Waals surface area contributed by atoms with Gasteiger partial charge in [-0.25, -0.2) is 4.99 Å². The third-order valence-corrected chi connectivity index (χ3v) is 5.61. The van der Waals surface area contributed by atoms with Gasteiger partial charge in [-0.2, -0.15) is 0 Å². The predicted octanol–water partition coefficient (Wildman–Crippen LogP) is 3.19. The van der Waals surface area contributed by atoms with E-state index in [9.17, 15) is 4.79 Å². The molecular weight excluding hydrogens is 517 g/mol. The lowest BCUT2D eigenvalue weighted by Gasteiger charge is -2.36. The van der Waals surface area contributed by atoms with Crippen LogP contribution in [0, 0.1) is 0 Å². The molecule has 180 valence electrons. The molecule has 0 aliphatic carbocycles. The molecule has 1 amide bonds. The molecule has 0 unspecified atom stereocenters. The molecular formula is C24H40IN5O2. The normalized spacial score (nSPS) is 17.8. The SMILES string of the molecule is CCNC(=NCc1ccccc1OC(C)(C)C)N1CCN(CC(=O)N2CCCC2)CC1.I. The van der Waals surface area contributed by atoms with Gasteiger partial charge in [0, 0.05) is 51.4 Å². The van der Waals surface area contributed by atoms with Crippen LogP contribution in [0.5, 0.6) is 5.75 Å². The first-order valence-corrected chi connectivity index (χ1v) is 11.7. The number of likely N-dealkylation sites (tertiary alicyclic amines) is 1. The molecule has 1 aromatic rings. The average molecular weight is 558 g/mol. The molecule has 32 heavy (non-hydrogen) atoms. The number of nitrogens with one attached hydrogen (secondary N) is 1. The fraction of sp³-hybridized carbons (Fsp3) is 0.667. The van der Waals surface area contributed by atoms with Crippen molar-refractivity contribution >= 4 is 35.8 Å². The number of hydrogen-bond acceptors (Lipinski definition) is 4. The zero-order valence-electron chi connectivity index (χ0n) is 20.1. The van der Waals surface area contributed by atoms with Crippen LogP contribution in [-0.4, -0.2) is 84.5 Å². The minimum atomic E-state index is -0.243. The van der Waals surface area contributed by atoms with Crippen LogP contribution in [0.15, 0.2) is 29.3 Å². The van der Waals surface area contributed by atoms with Gasteiger partial charge in [-0.15, -0.1) is 24.0 Å². The number of ether oxygens (including phenoxy) is 1. The lowest BCUT2D eigenvalue weighted by molar-refractivity contribution is -0.131. The van der Waals surface area contributed by atoms with Crippen molar-refractivity contribution in [3.63, 3.8) is 0 Å². The maximum Gasteiger partial charge on any atom is 0.236 e. The Hall–Kier alpha value is -1.55. The fourth-order valence-corrected chi connectivity index (χ4v) is 4.03. The highest BCUT2D eigenvalue weighted by molar-refractivity contribution is 14.0. The van der Waals surface area contributed by atoms with Crippen LogP contribution in [-0.2, 0) is 11.3 Å². The number of nitrogens with zero attached hydrogens (tertiary/aromatic N) is 4. The third-order valence-electron chi connectivity index (χ3n) is 5.61. The number of halogens is 1. The van der Waals surface area contributed by atoms with E-state index < -0.39 is 0 Å². The highest BCUT2D eigenvalue weighted by Gasteiger charge is 2.24. The van der Waals surface area contributed by atoms with Gasteiger partial charge < -0.3 is 19.9 Å². The van der Waals surface area contributed by atoms with Crippen LogP contribution in [0.3, 0.4) is 0 Å². The van der Waals surface area contributed by atoms with Gasteiger partial charge in [-0.05, 0) is 46.6 Å². The zero-order chi connectivity index (χ0) is 22.3. The number of benzene rings is 1. The molecule has 2 heterocycles. The Morgan fingerprint density at radius 1 is 1.03 bits per heavy atom. The van der Waals surface area contributed by atoms with E-state index in [1.54, 1.807) is 0 Å². The quantitative estimate of drug-likeness (QED) is 0.331. The van der Waals surface area contributed by atoms with Crippen LogP contribution >= 0.6 is 24.0 Å². The number of piperazine rings is 1. The van der Waals surface area contributed by atoms with Gasteiger partial charge in [0.2, 0.25) is 5.91 Å². The Morgan fingerprint density at radius 3 is 2.31 bits per heavy atom. The lowest BCUT2D eigenvalue weighted by Crippen LogP contribution is -2.54. The van der Waals surface area contributed by atoms with Crippen molar-refractivity contribution in [1.82, 2.24) is 20.0 Å². The Bertz CT molecular complexity index is 751. The number of carbonyl (C=O) groups excluding carboxylic acids is 1. The first-order chi connectivity index (χ1) is 14.9. The number of guanidine groups is 1. The van der Waals surface area contributed by atoms with Gasteiger partial charge in [0.1, 0.15) is 11.4 Å². The molecule has 2 fully saturated rings. The van der Waals surface area contributed by atoms with Crippen molar-refractivity contribution < 1.29 is 9.53 Å². The second kappa shape index (κ2) is 12.6. The minimum Gasteiger partial charge on any atom is -0.488 e. The number of rotatable bonds is 6. The van der Waals surface area contributed by atoms with Crippen molar-refractivity contribution in [3.8, 4) is 5.75 Å². The summed E-state index contributed by atoms with van der Waals surface area (Å²) in [7, 11) is 0. The molecule has 2 aliphatic heterocycles. The molecule has 2 aliphatic rings. The molecule has 0 radical (unpaired) electrons. The predicted molar refractivity (Wildman–Crippen MR) is 141 cm³/mol. The second-order valence-electron chi connectivity index (χ2n) is 9.34. The highest BCUT2D eigenvalue weighted by atomic mass is 127. The van der Waals surface area contributed by atoms with Crippen molar-refractivity contribution in [3.05, 3.63) is 29.8 Å². The van der Waals surface area contributed by atoms with Crippen LogP contribution in [0.4, 0.5) is 0 Å². The summed E-state index contributed by atoms with van der Waals surface area (Å²) in [5, 5.41) is 3.43.